The Kier molecular flexibility index (Phi) is 9.73. The highest BCUT2D eigenvalue weighted by Crippen LogP contribution is 2.22. The average Bonchev–Trinajstić information content (AvgIpc) is 3.34. The number of benzene rings is 2. The molecular formula is C26H33ClFN3O4S. The van der Waals surface area contributed by atoms with Gasteiger partial charge in [0.25, 0.3) is 0 Å². The maximum absolute atomic E-state index is 13.3. The van der Waals surface area contributed by atoms with Gasteiger partial charge in [0.15, 0.2) is 0 Å². The minimum absolute atomic E-state index is 0.0265. The van der Waals surface area contributed by atoms with Gasteiger partial charge in [0.1, 0.15) is 11.9 Å². The predicted octanol–water partition coefficient (Wildman–Crippen LogP) is 4.50. The molecule has 0 unspecified atom stereocenters. The van der Waals surface area contributed by atoms with Crippen molar-refractivity contribution < 1.29 is 22.4 Å². The van der Waals surface area contributed by atoms with E-state index in [1.165, 1.54) is 29.2 Å². The molecule has 1 fully saturated rings. The van der Waals surface area contributed by atoms with Crippen molar-refractivity contribution in [2.24, 2.45) is 0 Å². The number of halogens is 2. The second-order valence-electron chi connectivity index (χ2n) is 9.19. The molecule has 10 heteroatoms. The van der Waals surface area contributed by atoms with Gasteiger partial charge in [-0.25, -0.2) is 12.8 Å². The summed E-state index contributed by atoms with van der Waals surface area (Å²) in [6, 6.07) is 11.7. The largest absolute Gasteiger partial charge is 0.352 e. The fraction of sp³-hybridized carbons (Fsp3) is 0.462. The van der Waals surface area contributed by atoms with Gasteiger partial charge in [0.05, 0.1) is 11.9 Å². The summed E-state index contributed by atoms with van der Waals surface area (Å²) in [5.74, 6) is -0.967. The molecule has 1 atom stereocenters. The number of hydrogen-bond acceptors (Lipinski definition) is 4. The highest BCUT2D eigenvalue weighted by atomic mass is 35.5. The number of carbonyl (C=O) groups is 2. The van der Waals surface area contributed by atoms with E-state index in [0.29, 0.717) is 10.7 Å². The molecular weight excluding hydrogens is 505 g/mol. The first-order valence-electron chi connectivity index (χ1n) is 12.1. The van der Waals surface area contributed by atoms with Crippen molar-refractivity contribution >= 4 is 39.1 Å². The van der Waals surface area contributed by atoms with E-state index in [2.05, 4.69) is 5.32 Å². The van der Waals surface area contributed by atoms with Crippen molar-refractivity contribution in [3.8, 4) is 0 Å². The number of carbonyl (C=O) groups excluding carboxylic acids is 2. The first kappa shape index (κ1) is 27.9. The molecule has 0 saturated heterocycles. The number of nitrogens with one attached hydrogen (secondary N) is 1. The fourth-order valence-electron chi connectivity index (χ4n) is 4.40. The molecule has 1 saturated carbocycles. The lowest BCUT2D eigenvalue weighted by molar-refractivity contribution is -0.140. The summed E-state index contributed by atoms with van der Waals surface area (Å²) in [5, 5.41) is 3.55. The van der Waals surface area contributed by atoms with Gasteiger partial charge in [-0.05, 0) is 62.1 Å². The first-order valence-corrected chi connectivity index (χ1v) is 14.4. The van der Waals surface area contributed by atoms with Crippen molar-refractivity contribution in [2.45, 2.75) is 64.1 Å². The van der Waals surface area contributed by atoms with Gasteiger partial charge in [0, 0.05) is 30.6 Å². The van der Waals surface area contributed by atoms with Crippen LogP contribution in [0.4, 0.5) is 10.1 Å². The van der Waals surface area contributed by atoms with E-state index in [1.807, 2.05) is 12.1 Å². The second kappa shape index (κ2) is 12.5. The molecule has 36 heavy (non-hydrogen) atoms. The Labute approximate surface area is 217 Å². The van der Waals surface area contributed by atoms with Gasteiger partial charge in [-0.2, -0.15) is 0 Å². The summed E-state index contributed by atoms with van der Waals surface area (Å²) >= 11 is 6.33. The van der Waals surface area contributed by atoms with Crippen LogP contribution in [0, 0.1) is 5.82 Å². The van der Waals surface area contributed by atoms with Crippen LogP contribution in [0.3, 0.4) is 0 Å². The summed E-state index contributed by atoms with van der Waals surface area (Å²) in [6.07, 6.45) is 5.33. The minimum Gasteiger partial charge on any atom is -0.352 e. The number of nitrogens with zero attached hydrogens (tertiary/aromatic N) is 2. The molecule has 0 bridgehead atoms. The van der Waals surface area contributed by atoms with Crippen molar-refractivity contribution in [1.29, 1.82) is 0 Å². The summed E-state index contributed by atoms with van der Waals surface area (Å²) in [4.78, 5) is 27.8. The van der Waals surface area contributed by atoms with Crippen LogP contribution < -0.4 is 9.62 Å². The van der Waals surface area contributed by atoms with E-state index >= 15 is 0 Å². The molecule has 2 amide bonds. The second-order valence-corrected chi connectivity index (χ2v) is 11.5. The summed E-state index contributed by atoms with van der Waals surface area (Å²) in [6.45, 7) is 1.89. The van der Waals surface area contributed by atoms with Crippen molar-refractivity contribution in [3.63, 3.8) is 0 Å². The third-order valence-corrected chi connectivity index (χ3v) is 8.00. The highest BCUT2D eigenvalue weighted by Gasteiger charge is 2.29. The summed E-state index contributed by atoms with van der Waals surface area (Å²) < 4.78 is 39.1. The quantitative estimate of drug-likeness (QED) is 0.457. The smallest absolute Gasteiger partial charge is 0.242 e. The minimum atomic E-state index is -3.64. The van der Waals surface area contributed by atoms with E-state index in [4.69, 9.17) is 11.6 Å². The SMILES string of the molecule is C[C@H](C(=O)NC1CCCC1)N(Cc1ccccc1Cl)C(=O)CCCN(c1ccc(F)cc1)S(C)(=O)=O. The van der Waals surface area contributed by atoms with E-state index in [0.717, 1.165) is 41.8 Å². The van der Waals surface area contributed by atoms with Crippen LogP contribution in [0.2, 0.25) is 5.02 Å². The molecule has 196 valence electrons. The van der Waals surface area contributed by atoms with Crippen LogP contribution in [0.5, 0.6) is 0 Å². The lowest BCUT2D eigenvalue weighted by Crippen LogP contribution is -2.49. The van der Waals surface area contributed by atoms with Crippen LogP contribution in [0.15, 0.2) is 48.5 Å². The maximum Gasteiger partial charge on any atom is 0.242 e. The number of rotatable bonds is 11. The van der Waals surface area contributed by atoms with E-state index in [1.54, 1.807) is 19.1 Å². The van der Waals surface area contributed by atoms with Gasteiger partial charge in [0.2, 0.25) is 21.8 Å². The van der Waals surface area contributed by atoms with E-state index in [9.17, 15) is 22.4 Å². The van der Waals surface area contributed by atoms with E-state index < -0.39 is 21.9 Å². The Bertz CT molecular complexity index is 1150. The molecule has 2 aromatic rings. The van der Waals surface area contributed by atoms with Crippen LogP contribution in [-0.4, -0.2) is 50.0 Å². The Morgan fingerprint density at radius 2 is 1.75 bits per heavy atom. The predicted molar refractivity (Wildman–Crippen MR) is 140 cm³/mol. The molecule has 1 aliphatic rings. The highest BCUT2D eigenvalue weighted by molar-refractivity contribution is 7.92. The van der Waals surface area contributed by atoms with Crippen LogP contribution >= 0.6 is 11.6 Å². The lowest BCUT2D eigenvalue weighted by Gasteiger charge is -2.30. The number of hydrogen-bond donors (Lipinski definition) is 1. The number of amides is 2. The van der Waals surface area contributed by atoms with Gasteiger partial charge < -0.3 is 10.2 Å². The standard InChI is InChI=1S/C26H33ClFN3O4S/c1-19(26(33)29-22-9-4-5-10-22)30(18-20-8-3-6-11-24(20)27)25(32)12-7-17-31(36(2,34)35)23-15-13-21(28)14-16-23/h3,6,8,11,13-16,19,22H,4-5,7,9-10,12,17-18H2,1-2H3,(H,29,33)/t19-/m1/s1. The molecule has 3 rings (SSSR count). The van der Waals surface area contributed by atoms with Crippen LogP contribution in [-0.2, 0) is 26.2 Å². The molecule has 0 aliphatic heterocycles. The molecule has 2 aromatic carbocycles. The molecule has 0 radical (unpaired) electrons. The summed E-state index contributed by atoms with van der Waals surface area (Å²) in [5.41, 5.74) is 1.04. The summed E-state index contributed by atoms with van der Waals surface area (Å²) in [7, 11) is -3.64. The topological polar surface area (TPSA) is 86.8 Å². The number of anilines is 1. The third-order valence-electron chi connectivity index (χ3n) is 6.43. The lowest BCUT2D eigenvalue weighted by atomic mass is 10.1. The molecule has 1 aliphatic carbocycles. The molecule has 0 heterocycles. The maximum atomic E-state index is 13.3. The van der Waals surface area contributed by atoms with Crippen LogP contribution in [0.1, 0.15) is 51.0 Å². The zero-order valence-electron chi connectivity index (χ0n) is 20.6. The normalized spacial score (nSPS) is 14.9. The Morgan fingerprint density at radius 3 is 2.36 bits per heavy atom. The molecule has 0 spiro atoms. The van der Waals surface area contributed by atoms with E-state index in [-0.39, 0.29) is 43.8 Å². The zero-order valence-corrected chi connectivity index (χ0v) is 22.2. The Balaban J connectivity index is 1.72. The monoisotopic (exact) mass is 537 g/mol. The number of sulfonamides is 1. The third kappa shape index (κ3) is 7.67. The van der Waals surface area contributed by atoms with Crippen molar-refractivity contribution in [1.82, 2.24) is 10.2 Å². The van der Waals surface area contributed by atoms with Gasteiger partial charge >= 0.3 is 0 Å². The van der Waals surface area contributed by atoms with Gasteiger partial charge in [-0.15, -0.1) is 0 Å². The van der Waals surface area contributed by atoms with Crippen molar-refractivity contribution in [3.05, 3.63) is 64.9 Å². The Morgan fingerprint density at radius 1 is 1.11 bits per heavy atom. The molecule has 7 nitrogen and oxygen atoms in total. The average molecular weight is 538 g/mol. The fourth-order valence-corrected chi connectivity index (χ4v) is 5.56. The first-order chi connectivity index (χ1) is 17.1. The zero-order chi connectivity index (χ0) is 26.3. The van der Waals surface area contributed by atoms with Gasteiger partial charge in [-0.3, -0.25) is 13.9 Å². The van der Waals surface area contributed by atoms with Crippen LogP contribution in [0.25, 0.3) is 0 Å². The molecule has 0 aromatic heterocycles. The van der Waals surface area contributed by atoms with Crippen molar-refractivity contribution in [2.75, 3.05) is 17.1 Å². The van der Waals surface area contributed by atoms with Gasteiger partial charge in [-0.1, -0.05) is 42.6 Å². The Hall–Kier alpha value is -2.65. The molecule has 1 N–H and O–H groups in total.